The van der Waals surface area contributed by atoms with Crippen LogP contribution >= 0.6 is 11.6 Å². The molecule has 1 heterocycles. The number of carbonyl (C=O) groups excluding carboxylic acids is 1. The van der Waals surface area contributed by atoms with Crippen molar-refractivity contribution in [1.29, 1.82) is 0 Å². The van der Waals surface area contributed by atoms with Gasteiger partial charge in [-0.05, 0) is 35.9 Å². The van der Waals surface area contributed by atoms with E-state index in [0.717, 1.165) is 0 Å². The van der Waals surface area contributed by atoms with Crippen molar-refractivity contribution in [1.82, 2.24) is 10.1 Å². The van der Waals surface area contributed by atoms with Gasteiger partial charge < -0.3 is 9.84 Å². The average Bonchev–Trinajstić information content (AvgIpc) is 3.08. The van der Waals surface area contributed by atoms with Crippen molar-refractivity contribution in [2.45, 2.75) is 12.6 Å². The summed E-state index contributed by atoms with van der Waals surface area (Å²) in [6.45, 7) is 0. The highest BCUT2D eigenvalue weighted by Gasteiger charge is 2.38. The summed E-state index contributed by atoms with van der Waals surface area (Å²) in [4.78, 5) is 15.4. The normalized spacial score (nSPS) is 11.4. The molecule has 2 aromatic carbocycles. The SMILES string of the molecule is O=C(Cc1ccccc1Cl)Nc1ccc(-c2noc(C(F)(F)F)n2)cc1. The third-order valence-electron chi connectivity index (χ3n) is 3.40. The molecule has 0 radical (unpaired) electrons. The van der Waals surface area contributed by atoms with E-state index in [1.54, 1.807) is 24.3 Å². The second-order valence-electron chi connectivity index (χ2n) is 5.31. The first-order valence-electron chi connectivity index (χ1n) is 7.37. The molecule has 0 unspecified atom stereocenters. The van der Waals surface area contributed by atoms with E-state index in [4.69, 9.17) is 11.6 Å². The molecule has 0 atom stereocenters. The van der Waals surface area contributed by atoms with E-state index in [1.807, 2.05) is 0 Å². The molecule has 0 fully saturated rings. The van der Waals surface area contributed by atoms with E-state index >= 15 is 0 Å². The van der Waals surface area contributed by atoms with E-state index in [0.29, 0.717) is 21.8 Å². The number of nitrogens with zero attached hydrogens (tertiary/aromatic N) is 2. The van der Waals surface area contributed by atoms with E-state index in [-0.39, 0.29) is 18.2 Å². The smallest absolute Gasteiger partial charge is 0.329 e. The van der Waals surface area contributed by atoms with Gasteiger partial charge in [0.05, 0.1) is 6.42 Å². The third kappa shape index (κ3) is 4.20. The Hall–Kier alpha value is -2.87. The number of hydrogen-bond acceptors (Lipinski definition) is 4. The Morgan fingerprint density at radius 2 is 1.81 bits per heavy atom. The minimum Gasteiger partial charge on any atom is -0.329 e. The topological polar surface area (TPSA) is 68.0 Å². The van der Waals surface area contributed by atoms with Crippen LogP contribution in [0.2, 0.25) is 5.02 Å². The number of rotatable bonds is 4. The van der Waals surface area contributed by atoms with E-state index in [1.165, 1.54) is 24.3 Å². The van der Waals surface area contributed by atoms with E-state index < -0.39 is 12.1 Å². The monoisotopic (exact) mass is 381 g/mol. The summed E-state index contributed by atoms with van der Waals surface area (Å²) in [6.07, 6.45) is -4.60. The molecular weight excluding hydrogens is 371 g/mol. The van der Waals surface area contributed by atoms with Crippen LogP contribution in [0.25, 0.3) is 11.4 Å². The average molecular weight is 382 g/mol. The molecule has 0 aliphatic carbocycles. The Balaban J connectivity index is 1.67. The minimum atomic E-state index is -4.70. The summed E-state index contributed by atoms with van der Waals surface area (Å²) in [6, 6.07) is 13.0. The number of anilines is 1. The van der Waals surface area contributed by atoms with Gasteiger partial charge in [-0.3, -0.25) is 4.79 Å². The third-order valence-corrected chi connectivity index (χ3v) is 3.77. The molecule has 0 saturated heterocycles. The van der Waals surface area contributed by atoms with Gasteiger partial charge in [0, 0.05) is 16.3 Å². The standard InChI is InChI=1S/C17H11ClF3N3O2/c18-13-4-2-1-3-11(13)9-14(25)22-12-7-5-10(6-8-12)15-23-16(26-24-15)17(19,20)21/h1-8H,9H2,(H,22,25). The number of alkyl halides is 3. The molecule has 1 aromatic heterocycles. The van der Waals surface area contributed by atoms with Crippen molar-refractivity contribution in [3.63, 3.8) is 0 Å². The summed E-state index contributed by atoms with van der Waals surface area (Å²) >= 11 is 6.01. The van der Waals surface area contributed by atoms with E-state index in [2.05, 4.69) is 20.0 Å². The lowest BCUT2D eigenvalue weighted by Crippen LogP contribution is -2.14. The molecule has 0 aliphatic heterocycles. The fourth-order valence-electron chi connectivity index (χ4n) is 2.18. The van der Waals surface area contributed by atoms with Crippen LogP contribution < -0.4 is 5.32 Å². The first-order valence-corrected chi connectivity index (χ1v) is 7.75. The van der Waals surface area contributed by atoms with Gasteiger partial charge in [-0.15, -0.1) is 0 Å². The number of benzene rings is 2. The van der Waals surface area contributed by atoms with Gasteiger partial charge in [0.25, 0.3) is 0 Å². The summed E-state index contributed by atoms with van der Waals surface area (Å²) in [7, 11) is 0. The maximum Gasteiger partial charge on any atom is 0.471 e. The second-order valence-corrected chi connectivity index (χ2v) is 5.72. The molecule has 0 saturated carbocycles. The first-order chi connectivity index (χ1) is 12.3. The number of carbonyl (C=O) groups is 1. The lowest BCUT2D eigenvalue weighted by atomic mass is 10.1. The van der Waals surface area contributed by atoms with Crippen LogP contribution in [0.3, 0.4) is 0 Å². The lowest BCUT2D eigenvalue weighted by molar-refractivity contribution is -0.159. The molecule has 9 heteroatoms. The van der Waals surface area contributed by atoms with Crippen molar-refractivity contribution in [2.24, 2.45) is 0 Å². The second kappa shape index (κ2) is 7.17. The number of amides is 1. The van der Waals surface area contributed by atoms with Crippen LogP contribution in [0.5, 0.6) is 0 Å². The predicted molar refractivity (Wildman–Crippen MR) is 88.5 cm³/mol. The zero-order valence-corrected chi connectivity index (χ0v) is 13.8. The van der Waals surface area contributed by atoms with Crippen molar-refractivity contribution in [3.05, 3.63) is 65.0 Å². The van der Waals surface area contributed by atoms with Crippen LogP contribution in [-0.4, -0.2) is 16.0 Å². The van der Waals surface area contributed by atoms with Crippen LogP contribution in [0.1, 0.15) is 11.5 Å². The zero-order chi connectivity index (χ0) is 18.7. The Morgan fingerprint density at radius 3 is 2.42 bits per heavy atom. The summed E-state index contributed by atoms with van der Waals surface area (Å²) < 4.78 is 41.6. The Kier molecular flexibility index (Phi) is 4.94. The maximum atomic E-state index is 12.5. The minimum absolute atomic E-state index is 0.0984. The lowest BCUT2D eigenvalue weighted by Gasteiger charge is -2.07. The number of aromatic nitrogens is 2. The van der Waals surface area contributed by atoms with Crippen LogP contribution in [0.4, 0.5) is 18.9 Å². The van der Waals surface area contributed by atoms with Crippen molar-refractivity contribution >= 4 is 23.2 Å². The maximum absolute atomic E-state index is 12.5. The summed E-state index contributed by atoms with van der Waals surface area (Å²) in [5.41, 5.74) is 1.49. The summed E-state index contributed by atoms with van der Waals surface area (Å²) in [5, 5.41) is 6.48. The molecule has 0 spiro atoms. The quantitative estimate of drug-likeness (QED) is 0.717. The number of hydrogen-bond donors (Lipinski definition) is 1. The number of halogens is 4. The van der Waals surface area contributed by atoms with Crippen molar-refractivity contribution < 1.29 is 22.5 Å². The number of nitrogens with one attached hydrogen (secondary N) is 1. The van der Waals surface area contributed by atoms with Gasteiger partial charge in [0.1, 0.15) is 0 Å². The fourth-order valence-corrected chi connectivity index (χ4v) is 2.38. The van der Waals surface area contributed by atoms with Crippen LogP contribution in [-0.2, 0) is 17.4 Å². The van der Waals surface area contributed by atoms with E-state index in [9.17, 15) is 18.0 Å². The molecule has 26 heavy (non-hydrogen) atoms. The Labute approximate surface area is 150 Å². The first kappa shape index (κ1) is 17.9. The fraction of sp³-hybridized carbons (Fsp3) is 0.118. The van der Waals surface area contributed by atoms with Gasteiger partial charge in [-0.1, -0.05) is 35.0 Å². The zero-order valence-electron chi connectivity index (χ0n) is 13.0. The molecule has 5 nitrogen and oxygen atoms in total. The highest BCUT2D eigenvalue weighted by molar-refractivity contribution is 6.31. The van der Waals surface area contributed by atoms with Gasteiger partial charge in [-0.2, -0.15) is 18.2 Å². The van der Waals surface area contributed by atoms with Crippen LogP contribution in [0.15, 0.2) is 53.1 Å². The molecule has 3 aromatic rings. The predicted octanol–water partition coefficient (Wildman–Crippen LogP) is 4.59. The van der Waals surface area contributed by atoms with Crippen LogP contribution in [0, 0.1) is 0 Å². The highest BCUT2D eigenvalue weighted by Crippen LogP contribution is 2.29. The highest BCUT2D eigenvalue weighted by atomic mass is 35.5. The van der Waals surface area contributed by atoms with Gasteiger partial charge in [0.2, 0.25) is 11.7 Å². The summed E-state index contributed by atoms with van der Waals surface area (Å²) in [5.74, 6) is -1.87. The molecule has 1 amide bonds. The molecule has 0 aliphatic rings. The van der Waals surface area contributed by atoms with Gasteiger partial charge >= 0.3 is 12.1 Å². The van der Waals surface area contributed by atoms with Gasteiger partial charge in [-0.25, -0.2) is 0 Å². The Bertz CT molecular complexity index is 924. The van der Waals surface area contributed by atoms with Crippen molar-refractivity contribution in [3.8, 4) is 11.4 Å². The Morgan fingerprint density at radius 1 is 1.12 bits per heavy atom. The molecular formula is C17H11ClF3N3O2. The molecule has 3 rings (SSSR count). The molecule has 0 bridgehead atoms. The van der Waals surface area contributed by atoms with Crippen molar-refractivity contribution in [2.75, 3.05) is 5.32 Å². The molecule has 134 valence electrons. The van der Waals surface area contributed by atoms with Gasteiger partial charge in [0.15, 0.2) is 0 Å². The largest absolute Gasteiger partial charge is 0.471 e. The molecule has 1 N–H and O–H groups in total.